The largest absolute Gasteiger partial charge is 0.292 e. The molecule has 7 heteroatoms. The standard InChI is InChI=1S/C38H23N3.C34H20N2.C30H18N2/c1-2-13-25(14-3-1)41-35-21-11-10-20-34(35)40-38(41)31-23-30-27-16-6-8-18-29(27)37-32(22-24-12-4-9-19-33(24)39-37)36(30)28-17-7-5-15-26(28)31;1-7-15-30-21(9-1)17-18-32(35-30)27-20-28-24-12-4-6-14-26(24)34-29(19-22-10-2-8-16-31(22)36-34)33(28)25-13-5-3-11-23(25)27;1-6-12-28-20(7-1)17-27-29-23-10-4-2-8-21(23)25(19-13-15-31-16-14-19)18-26(29)22-9-3-5-11-24(22)30(27)32-28/h1-23H;1-20H;1-18H. The molecule has 7 nitrogen and oxygen atoms in total. The Morgan fingerprint density at radius 3 is 1.03 bits per heavy atom. The summed E-state index contributed by atoms with van der Waals surface area (Å²) in [5, 5.41) is 30.2. The molecule has 0 N–H and O–H groups in total. The summed E-state index contributed by atoms with van der Waals surface area (Å²) in [6, 6.07) is 127. The van der Waals surface area contributed by atoms with E-state index in [4.69, 9.17) is 24.9 Å². The van der Waals surface area contributed by atoms with E-state index in [1.165, 1.54) is 130 Å². The number of pyridine rings is 5. The van der Waals surface area contributed by atoms with Crippen LogP contribution in [-0.2, 0) is 0 Å². The first-order valence-corrected chi connectivity index (χ1v) is 37.1. The molecule has 6 heterocycles. The van der Waals surface area contributed by atoms with Crippen molar-refractivity contribution in [2.75, 3.05) is 0 Å². The van der Waals surface area contributed by atoms with E-state index in [0.29, 0.717) is 0 Å². The van der Waals surface area contributed by atoms with Crippen molar-refractivity contribution in [2.45, 2.75) is 0 Å². The Bertz CT molecular complexity index is 7930. The molecule has 0 unspecified atom stereocenters. The van der Waals surface area contributed by atoms with Gasteiger partial charge in [0.25, 0.3) is 0 Å². The minimum atomic E-state index is 0.941. The van der Waals surface area contributed by atoms with Gasteiger partial charge in [-0.1, -0.05) is 255 Å². The quantitative estimate of drug-likeness (QED) is 0.129. The van der Waals surface area contributed by atoms with Crippen LogP contribution in [0.2, 0.25) is 0 Å². The zero-order valence-corrected chi connectivity index (χ0v) is 58.8. The monoisotopic (exact) mass is 1380 g/mol. The average molecular weight is 1380 g/mol. The molecule has 0 aliphatic rings. The second-order valence-corrected chi connectivity index (χ2v) is 28.3. The van der Waals surface area contributed by atoms with Crippen molar-refractivity contribution in [3.05, 3.63) is 370 Å². The molecule has 0 aliphatic heterocycles. The molecule has 24 rings (SSSR count). The highest BCUT2D eigenvalue weighted by atomic mass is 15.1. The fraction of sp³-hybridized carbons (Fsp3) is 0. The van der Waals surface area contributed by atoms with Crippen molar-refractivity contribution in [3.63, 3.8) is 0 Å². The predicted octanol–water partition coefficient (Wildman–Crippen LogP) is 26.8. The third kappa shape index (κ3) is 9.98. The number of imidazole rings is 1. The van der Waals surface area contributed by atoms with Crippen molar-refractivity contribution in [3.8, 4) is 39.5 Å². The van der Waals surface area contributed by atoms with E-state index >= 15 is 0 Å². The second kappa shape index (κ2) is 25.0. The smallest absolute Gasteiger partial charge is 0.146 e. The normalized spacial score (nSPS) is 11.9. The Morgan fingerprint density at radius 1 is 0.202 bits per heavy atom. The zero-order chi connectivity index (χ0) is 71.6. The van der Waals surface area contributed by atoms with Gasteiger partial charge in [0.15, 0.2) is 0 Å². The minimum Gasteiger partial charge on any atom is -0.292 e. The number of para-hydroxylation sites is 7. The highest BCUT2D eigenvalue weighted by Gasteiger charge is 2.23. The maximum atomic E-state index is 5.25. The topological polar surface area (TPSA) is 82.3 Å². The summed E-state index contributed by atoms with van der Waals surface area (Å²) in [5.41, 5.74) is 16.1. The summed E-state index contributed by atoms with van der Waals surface area (Å²) in [7, 11) is 0. The van der Waals surface area contributed by atoms with Gasteiger partial charge in [-0.15, -0.1) is 0 Å². The molecule has 0 aliphatic carbocycles. The van der Waals surface area contributed by atoms with Gasteiger partial charge in [-0.3, -0.25) is 9.55 Å². The van der Waals surface area contributed by atoms with Gasteiger partial charge in [0.2, 0.25) is 0 Å². The van der Waals surface area contributed by atoms with Crippen LogP contribution in [0.3, 0.4) is 0 Å². The van der Waals surface area contributed by atoms with Gasteiger partial charge in [0, 0.05) is 83.1 Å². The van der Waals surface area contributed by atoms with Crippen LogP contribution in [0.1, 0.15) is 0 Å². The van der Waals surface area contributed by atoms with Crippen LogP contribution < -0.4 is 0 Å². The van der Waals surface area contributed by atoms with Crippen LogP contribution in [0.25, 0.3) is 224 Å². The van der Waals surface area contributed by atoms with Gasteiger partial charge in [-0.25, -0.2) is 24.9 Å². The van der Waals surface area contributed by atoms with Crippen molar-refractivity contribution in [2.24, 2.45) is 0 Å². The number of rotatable bonds is 4. The molecule has 0 fully saturated rings. The van der Waals surface area contributed by atoms with Gasteiger partial charge >= 0.3 is 0 Å². The number of aromatic nitrogens is 7. The van der Waals surface area contributed by atoms with Crippen LogP contribution >= 0.6 is 0 Å². The Hall–Kier alpha value is -14.7. The summed E-state index contributed by atoms with van der Waals surface area (Å²) in [5.74, 6) is 0.941. The van der Waals surface area contributed by atoms with E-state index in [9.17, 15) is 0 Å². The first kappa shape index (κ1) is 61.8. The number of hydrogen-bond donors (Lipinski definition) is 0. The molecule has 109 heavy (non-hydrogen) atoms. The lowest BCUT2D eigenvalue weighted by Gasteiger charge is -2.17. The molecule has 0 atom stereocenters. The summed E-state index contributed by atoms with van der Waals surface area (Å²) < 4.78 is 2.29. The van der Waals surface area contributed by atoms with Crippen LogP contribution in [0.4, 0.5) is 0 Å². The lowest BCUT2D eigenvalue weighted by Crippen LogP contribution is -1.98. The zero-order valence-electron chi connectivity index (χ0n) is 58.8. The SMILES string of the molecule is c1ccc(-n2c(-c3cc4c5ccccc5c5nc6ccccc6cc5c4c4ccccc34)nc3ccccc32)cc1.c1ccc2nc(-c3cc4c5ccccc5c5nc6ccccc6cc5c4c4ccccc34)ccc2c1.c1ccc2nc3c4ccccc4c4cc(-c5ccncc5)c5ccccc5c4c3cc2c1. The van der Waals surface area contributed by atoms with Crippen LogP contribution in [0.15, 0.2) is 370 Å². The highest BCUT2D eigenvalue weighted by Crippen LogP contribution is 2.48. The lowest BCUT2D eigenvalue weighted by atomic mass is 9.88. The number of fused-ring (bicyclic) bond motifs is 29. The van der Waals surface area contributed by atoms with E-state index in [1.54, 1.807) is 0 Å². The average Bonchev–Trinajstić information content (AvgIpc) is 1.70. The molecule has 504 valence electrons. The third-order valence-electron chi connectivity index (χ3n) is 22.2. The van der Waals surface area contributed by atoms with Crippen molar-refractivity contribution in [1.29, 1.82) is 0 Å². The van der Waals surface area contributed by atoms with Gasteiger partial charge in [-0.2, -0.15) is 0 Å². The Morgan fingerprint density at radius 2 is 0.550 bits per heavy atom. The van der Waals surface area contributed by atoms with Crippen molar-refractivity contribution >= 4 is 184 Å². The van der Waals surface area contributed by atoms with E-state index in [-0.39, 0.29) is 0 Å². The van der Waals surface area contributed by atoms with E-state index in [1.807, 2.05) is 12.4 Å². The fourth-order valence-corrected chi connectivity index (χ4v) is 17.4. The van der Waals surface area contributed by atoms with E-state index in [2.05, 4.69) is 367 Å². The first-order chi connectivity index (χ1) is 54.1. The van der Waals surface area contributed by atoms with E-state index in [0.717, 1.165) is 94.1 Å². The fourth-order valence-electron chi connectivity index (χ4n) is 17.4. The number of benzene rings is 18. The van der Waals surface area contributed by atoms with Gasteiger partial charge in [-0.05, 0) is 195 Å². The maximum Gasteiger partial charge on any atom is 0.146 e. The summed E-state index contributed by atoms with van der Waals surface area (Å²) in [6.07, 6.45) is 3.73. The molecule has 6 aromatic heterocycles. The molecule has 0 saturated carbocycles. The second-order valence-electron chi connectivity index (χ2n) is 28.3. The molecular weight excluding hydrogens is 1320 g/mol. The summed E-state index contributed by atoms with van der Waals surface area (Å²) in [4.78, 5) is 30.1. The highest BCUT2D eigenvalue weighted by molar-refractivity contribution is 6.36. The molecule has 0 saturated heterocycles. The van der Waals surface area contributed by atoms with Crippen molar-refractivity contribution < 1.29 is 0 Å². The molecule has 0 spiro atoms. The van der Waals surface area contributed by atoms with Crippen LogP contribution in [-0.4, -0.2) is 34.5 Å². The molecule has 24 aromatic rings. The van der Waals surface area contributed by atoms with Gasteiger partial charge < -0.3 is 0 Å². The van der Waals surface area contributed by atoms with Crippen LogP contribution in [0, 0.1) is 0 Å². The molecule has 0 bridgehead atoms. The van der Waals surface area contributed by atoms with Gasteiger partial charge in [0.05, 0.1) is 55.3 Å². The van der Waals surface area contributed by atoms with E-state index < -0.39 is 0 Å². The third-order valence-corrected chi connectivity index (χ3v) is 22.2. The lowest BCUT2D eigenvalue weighted by molar-refractivity contribution is 1.11. The Balaban J connectivity index is 0.000000102. The minimum absolute atomic E-state index is 0.941. The Kier molecular flexibility index (Phi) is 14.2. The molecule has 18 aromatic carbocycles. The molecule has 0 radical (unpaired) electrons. The van der Waals surface area contributed by atoms with Gasteiger partial charge in [0.1, 0.15) is 5.82 Å². The maximum absolute atomic E-state index is 5.25. The Labute approximate surface area is 624 Å². The van der Waals surface area contributed by atoms with Crippen molar-refractivity contribution in [1.82, 2.24) is 34.5 Å². The number of nitrogens with zero attached hydrogens (tertiary/aromatic N) is 7. The van der Waals surface area contributed by atoms with Crippen LogP contribution in [0.5, 0.6) is 0 Å². The molecule has 0 amide bonds. The molecular formula is C102H61N7. The number of hydrogen-bond acceptors (Lipinski definition) is 6. The predicted molar refractivity (Wildman–Crippen MR) is 459 cm³/mol. The summed E-state index contributed by atoms with van der Waals surface area (Å²) in [6.45, 7) is 0. The first-order valence-electron chi connectivity index (χ1n) is 37.1. The summed E-state index contributed by atoms with van der Waals surface area (Å²) >= 11 is 0.